The Morgan fingerprint density at radius 3 is 1.29 bits per heavy atom. The molecule has 12 heteroatoms. The highest BCUT2D eigenvalue weighted by Gasteiger charge is 2.43. The summed E-state index contributed by atoms with van der Waals surface area (Å²) in [6.45, 7) is 0. The summed E-state index contributed by atoms with van der Waals surface area (Å²) in [5.74, 6) is -1.36. The highest BCUT2D eigenvalue weighted by atomic mass is 32.2. The average molecular weight is 529 g/mol. The summed E-state index contributed by atoms with van der Waals surface area (Å²) < 4.78 is 0.542. The van der Waals surface area contributed by atoms with Crippen LogP contribution in [-0.4, -0.2) is 46.4 Å². The molecule has 0 aromatic heterocycles. The quantitative estimate of drug-likeness (QED) is 0.462. The van der Waals surface area contributed by atoms with Gasteiger partial charge in [-0.2, -0.15) is 0 Å². The van der Waals surface area contributed by atoms with Crippen molar-refractivity contribution in [2.45, 2.75) is 0 Å². The van der Waals surface area contributed by atoms with Crippen LogP contribution in [0.3, 0.4) is 0 Å². The van der Waals surface area contributed by atoms with Crippen LogP contribution in [0.1, 0.15) is 20.7 Å². The largest absolute Gasteiger partial charge is 0.355 e. The summed E-state index contributed by atoms with van der Waals surface area (Å²) >= 11 is 12.9. The molecule has 0 atom stereocenters. The molecule has 0 aliphatic carbocycles. The Morgan fingerprint density at radius 1 is 0.676 bits per heavy atom. The minimum Gasteiger partial charge on any atom is -0.355 e. The van der Waals surface area contributed by atoms with Crippen molar-refractivity contribution in [1.29, 1.82) is 0 Å². The SMILES string of the molecule is CNC(=O)c1ccc(N2C(=O)/C(=C3\SC(=S)N(c4ccc(C(=O)NC)cc4)C3=O)SC2=S)cc1. The topological polar surface area (TPSA) is 98.8 Å². The number of thioether (sulfide) groups is 2. The zero-order valence-electron chi connectivity index (χ0n) is 17.8. The summed E-state index contributed by atoms with van der Waals surface area (Å²) in [5.41, 5.74) is 1.87. The highest BCUT2D eigenvalue weighted by Crippen LogP contribution is 2.44. The summed E-state index contributed by atoms with van der Waals surface area (Å²) in [7, 11) is 3.06. The molecular formula is C22H16N4O4S4. The molecular weight excluding hydrogens is 513 g/mol. The fraction of sp³-hybridized carbons (Fsp3) is 0.0909. The van der Waals surface area contributed by atoms with Gasteiger partial charge in [-0.1, -0.05) is 48.0 Å². The predicted octanol–water partition coefficient (Wildman–Crippen LogP) is 3.05. The highest BCUT2D eigenvalue weighted by molar-refractivity contribution is 8.30. The third-order valence-electron chi connectivity index (χ3n) is 4.97. The van der Waals surface area contributed by atoms with E-state index in [9.17, 15) is 19.2 Å². The number of rotatable bonds is 4. The lowest BCUT2D eigenvalue weighted by molar-refractivity contribution is -0.115. The molecule has 8 nitrogen and oxygen atoms in total. The second-order valence-corrected chi connectivity index (χ2v) is 10.2. The van der Waals surface area contributed by atoms with Crippen LogP contribution in [0.5, 0.6) is 0 Å². The standard InChI is InChI=1S/C22H16N4O4S4/c1-23-17(27)11-3-7-13(8-4-11)25-19(29)15(33-21(25)31)16-20(30)26(22(32)34-16)14-9-5-12(6-10-14)18(28)24-2/h3-10H,1-2H3,(H,23,27)(H,24,28)/b16-15+. The summed E-state index contributed by atoms with van der Waals surface area (Å²) in [6.07, 6.45) is 0. The van der Waals surface area contributed by atoms with E-state index in [1.54, 1.807) is 48.5 Å². The molecule has 4 rings (SSSR count). The van der Waals surface area contributed by atoms with Crippen molar-refractivity contribution in [3.8, 4) is 0 Å². The first-order valence-electron chi connectivity index (χ1n) is 9.78. The molecule has 4 amide bonds. The van der Waals surface area contributed by atoms with E-state index >= 15 is 0 Å². The molecule has 2 aromatic carbocycles. The number of nitrogens with zero attached hydrogens (tertiary/aromatic N) is 2. The first kappa shape index (κ1) is 24.1. The Kier molecular flexibility index (Phi) is 6.84. The van der Waals surface area contributed by atoms with E-state index in [0.29, 0.717) is 22.5 Å². The van der Waals surface area contributed by atoms with Gasteiger partial charge in [0.25, 0.3) is 23.6 Å². The Labute approximate surface area is 214 Å². The van der Waals surface area contributed by atoms with E-state index in [4.69, 9.17) is 24.4 Å². The molecule has 2 saturated heterocycles. The second kappa shape index (κ2) is 9.66. The van der Waals surface area contributed by atoms with Crippen molar-refractivity contribution in [3.63, 3.8) is 0 Å². The third kappa shape index (κ3) is 4.25. The minimum atomic E-state index is -0.432. The molecule has 2 aromatic rings. The monoisotopic (exact) mass is 528 g/mol. The number of amides is 4. The van der Waals surface area contributed by atoms with Crippen LogP contribution in [-0.2, 0) is 9.59 Å². The summed E-state index contributed by atoms with van der Waals surface area (Å²) in [4.78, 5) is 53.1. The molecule has 2 heterocycles. The molecule has 0 radical (unpaired) electrons. The molecule has 172 valence electrons. The van der Waals surface area contributed by atoms with Crippen molar-refractivity contribution in [2.75, 3.05) is 23.9 Å². The van der Waals surface area contributed by atoms with Gasteiger partial charge < -0.3 is 10.6 Å². The van der Waals surface area contributed by atoms with Gasteiger partial charge in [-0.15, -0.1) is 0 Å². The number of anilines is 2. The first-order valence-corrected chi connectivity index (χ1v) is 12.2. The Morgan fingerprint density at radius 2 is 1.00 bits per heavy atom. The van der Waals surface area contributed by atoms with Gasteiger partial charge in [-0.3, -0.25) is 29.0 Å². The number of hydrogen-bond acceptors (Lipinski definition) is 8. The van der Waals surface area contributed by atoms with E-state index in [0.717, 1.165) is 23.5 Å². The van der Waals surface area contributed by atoms with Crippen LogP contribution >= 0.6 is 48.0 Å². The van der Waals surface area contributed by atoms with Gasteiger partial charge in [0.1, 0.15) is 0 Å². The van der Waals surface area contributed by atoms with E-state index in [2.05, 4.69) is 10.6 Å². The first-order chi connectivity index (χ1) is 16.3. The van der Waals surface area contributed by atoms with E-state index in [1.807, 2.05) is 0 Å². The lowest BCUT2D eigenvalue weighted by Crippen LogP contribution is -2.29. The minimum absolute atomic E-state index is 0.196. The molecule has 2 aliphatic heterocycles. The number of carbonyl (C=O) groups excluding carboxylic acids is 4. The lowest BCUT2D eigenvalue weighted by atomic mass is 10.2. The van der Waals surface area contributed by atoms with Gasteiger partial charge in [0.15, 0.2) is 8.64 Å². The molecule has 0 spiro atoms. The summed E-state index contributed by atoms with van der Waals surface area (Å²) in [6, 6.07) is 12.9. The van der Waals surface area contributed by atoms with Gasteiger partial charge >= 0.3 is 0 Å². The lowest BCUT2D eigenvalue weighted by Gasteiger charge is -2.15. The van der Waals surface area contributed by atoms with E-state index in [1.165, 1.54) is 23.9 Å². The fourth-order valence-electron chi connectivity index (χ4n) is 3.27. The van der Waals surface area contributed by atoms with Gasteiger partial charge in [-0.25, -0.2) is 0 Å². The Balaban J connectivity index is 1.62. The molecule has 2 aliphatic rings. The Bertz CT molecular complexity index is 1190. The van der Waals surface area contributed by atoms with Gasteiger partial charge in [0, 0.05) is 25.2 Å². The molecule has 2 fully saturated rings. The number of nitrogens with one attached hydrogen (secondary N) is 2. The fourth-order valence-corrected chi connectivity index (χ4v) is 6.02. The van der Waals surface area contributed by atoms with Crippen LogP contribution < -0.4 is 20.4 Å². The summed E-state index contributed by atoms with van der Waals surface area (Å²) in [5, 5.41) is 5.07. The zero-order chi connectivity index (χ0) is 24.6. The van der Waals surface area contributed by atoms with Crippen molar-refractivity contribution in [1.82, 2.24) is 10.6 Å². The predicted molar refractivity (Wildman–Crippen MR) is 142 cm³/mol. The van der Waals surface area contributed by atoms with Crippen LogP contribution in [0, 0.1) is 0 Å². The number of thiocarbonyl (C=S) groups is 2. The van der Waals surface area contributed by atoms with Gasteiger partial charge in [-0.05, 0) is 48.5 Å². The van der Waals surface area contributed by atoms with E-state index < -0.39 is 11.8 Å². The van der Waals surface area contributed by atoms with Crippen molar-refractivity contribution in [2.24, 2.45) is 0 Å². The molecule has 2 N–H and O–H groups in total. The van der Waals surface area contributed by atoms with Crippen LogP contribution in [0.2, 0.25) is 0 Å². The maximum absolute atomic E-state index is 13.2. The number of hydrogen-bond donors (Lipinski definition) is 2. The number of carbonyl (C=O) groups is 4. The van der Waals surface area contributed by atoms with Gasteiger partial charge in [0.2, 0.25) is 0 Å². The number of benzene rings is 2. The van der Waals surface area contributed by atoms with Gasteiger partial charge in [0.05, 0.1) is 21.2 Å². The normalized spacial score (nSPS) is 18.1. The smallest absolute Gasteiger partial charge is 0.272 e. The van der Waals surface area contributed by atoms with Crippen molar-refractivity contribution in [3.05, 3.63) is 69.5 Å². The van der Waals surface area contributed by atoms with Crippen molar-refractivity contribution < 1.29 is 19.2 Å². The van der Waals surface area contributed by atoms with Crippen LogP contribution in [0.4, 0.5) is 11.4 Å². The average Bonchev–Trinajstić information content (AvgIpc) is 3.31. The maximum Gasteiger partial charge on any atom is 0.272 e. The molecule has 0 bridgehead atoms. The second-order valence-electron chi connectivity index (χ2n) is 6.93. The third-order valence-corrected chi connectivity index (χ3v) is 7.85. The Hall–Kier alpha value is -3.06. The zero-order valence-corrected chi connectivity index (χ0v) is 21.0. The molecule has 34 heavy (non-hydrogen) atoms. The van der Waals surface area contributed by atoms with Crippen molar-refractivity contribution >= 4 is 91.6 Å². The maximum atomic E-state index is 13.2. The molecule has 0 unspecified atom stereocenters. The van der Waals surface area contributed by atoms with Crippen LogP contribution in [0.15, 0.2) is 58.3 Å². The van der Waals surface area contributed by atoms with E-state index in [-0.39, 0.29) is 30.3 Å². The van der Waals surface area contributed by atoms with Crippen LogP contribution in [0.25, 0.3) is 0 Å². The molecule has 0 saturated carbocycles.